The first-order valence-electron chi connectivity index (χ1n) is 6.62. The molecule has 0 aliphatic rings. The van der Waals surface area contributed by atoms with Crippen molar-refractivity contribution < 1.29 is 9.50 Å². The number of aliphatic hydroxyl groups excluding tert-OH is 1. The summed E-state index contributed by atoms with van der Waals surface area (Å²) in [5.74, 6) is -0.247. The van der Waals surface area contributed by atoms with E-state index in [1.165, 1.54) is 23.3 Å². The molecule has 2 aromatic carbocycles. The Morgan fingerprint density at radius 1 is 1.11 bits per heavy atom. The Labute approximate surface area is 113 Å². The summed E-state index contributed by atoms with van der Waals surface area (Å²) in [6.45, 7) is 2.08. The average Bonchev–Trinajstić information content (AvgIpc) is 2.38. The Morgan fingerprint density at radius 3 is 2.63 bits per heavy atom. The van der Waals surface area contributed by atoms with Gasteiger partial charge in [-0.3, -0.25) is 0 Å². The van der Waals surface area contributed by atoms with Gasteiger partial charge in [0.15, 0.2) is 0 Å². The molecule has 0 amide bonds. The molecule has 1 unspecified atom stereocenters. The van der Waals surface area contributed by atoms with Crippen LogP contribution in [-0.2, 0) is 12.8 Å². The summed E-state index contributed by atoms with van der Waals surface area (Å²) >= 11 is 0. The van der Waals surface area contributed by atoms with E-state index < -0.39 is 6.10 Å². The molecule has 1 atom stereocenters. The second kappa shape index (κ2) is 6.48. The van der Waals surface area contributed by atoms with E-state index in [-0.39, 0.29) is 5.82 Å². The number of hydrogen-bond acceptors (Lipinski definition) is 1. The molecule has 0 bridgehead atoms. The summed E-state index contributed by atoms with van der Waals surface area (Å²) in [5.41, 5.74) is 3.36. The van der Waals surface area contributed by atoms with Gasteiger partial charge in [0.25, 0.3) is 0 Å². The van der Waals surface area contributed by atoms with Gasteiger partial charge in [-0.15, -0.1) is 0 Å². The fraction of sp³-hybridized carbons (Fsp3) is 0.294. The molecule has 0 saturated heterocycles. The molecule has 19 heavy (non-hydrogen) atoms. The third-order valence-corrected chi connectivity index (χ3v) is 3.37. The topological polar surface area (TPSA) is 20.2 Å². The minimum atomic E-state index is -0.429. The van der Waals surface area contributed by atoms with E-state index in [2.05, 4.69) is 19.1 Å². The van der Waals surface area contributed by atoms with E-state index in [0.717, 1.165) is 12.0 Å². The lowest BCUT2D eigenvalue weighted by atomic mass is 9.99. The average molecular weight is 258 g/mol. The van der Waals surface area contributed by atoms with Crippen molar-refractivity contribution >= 4 is 0 Å². The SMILES string of the molecule is Cc1ccccc1CCC(O)Cc1cccc(F)c1. The molecular formula is C17H19FO. The number of halogens is 1. The van der Waals surface area contributed by atoms with Crippen LogP contribution in [0.5, 0.6) is 0 Å². The Morgan fingerprint density at radius 2 is 1.89 bits per heavy atom. The van der Waals surface area contributed by atoms with Crippen molar-refractivity contribution in [2.24, 2.45) is 0 Å². The molecule has 2 rings (SSSR count). The van der Waals surface area contributed by atoms with Crippen LogP contribution >= 0.6 is 0 Å². The van der Waals surface area contributed by atoms with Crippen LogP contribution < -0.4 is 0 Å². The van der Waals surface area contributed by atoms with Gasteiger partial charge in [-0.05, 0) is 55.0 Å². The molecule has 2 heteroatoms. The fourth-order valence-corrected chi connectivity index (χ4v) is 2.25. The Hall–Kier alpha value is -1.67. The van der Waals surface area contributed by atoms with Crippen LogP contribution in [0.15, 0.2) is 48.5 Å². The maximum atomic E-state index is 13.0. The van der Waals surface area contributed by atoms with Crippen LogP contribution in [0.3, 0.4) is 0 Å². The van der Waals surface area contributed by atoms with Crippen LogP contribution in [0.1, 0.15) is 23.1 Å². The van der Waals surface area contributed by atoms with Crippen molar-refractivity contribution in [3.63, 3.8) is 0 Å². The highest BCUT2D eigenvalue weighted by molar-refractivity contribution is 5.25. The lowest BCUT2D eigenvalue weighted by Crippen LogP contribution is -2.12. The molecule has 1 nitrogen and oxygen atoms in total. The first-order valence-corrected chi connectivity index (χ1v) is 6.62. The van der Waals surface area contributed by atoms with Crippen molar-refractivity contribution in [1.82, 2.24) is 0 Å². The van der Waals surface area contributed by atoms with Gasteiger partial charge < -0.3 is 5.11 Å². The van der Waals surface area contributed by atoms with Crippen LogP contribution in [0.25, 0.3) is 0 Å². The molecule has 0 heterocycles. The number of rotatable bonds is 5. The standard InChI is InChI=1S/C17H19FO/c1-13-5-2-3-7-15(13)9-10-17(19)12-14-6-4-8-16(18)11-14/h2-8,11,17,19H,9-10,12H2,1H3. The third-order valence-electron chi connectivity index (χ3n) is 3.37. The maximum Gasteiger partial charge on any atom is 0.123 e. The summed E-state index contributed by atoms with van der Waals surface area (Å²) in [7, 11) is 0. The fourth-order valence-electron chi connectivity index (χ4n) is 2.25. The molecule has 0 fully saturated rings. The van der Waals surface area contributed by atoms with E-state index >= 15 is 0 Å². The van der Waals surface area contributed by atoms with Crippen molar-refractivity contribution in [1.29, 1.82) is 0 Å². The molecule has 0 radical (unpaired) electrons. The van der Waals surface area contributed by atoms with E-state index in [0.29, 0.717) is 12.8 Å². The predicted molar refractivity (Wildman–Crippen MR) is 75.6 cm³/mol. The van der Waals surface area contributed by atoms with E-state index in [1.54, 1.807) is 6.07 Å². The van der Waals surface area contributed by atoms with Crippen molar-refractivity contribution in [2.75, 3.05) is 0 Å². The first-order chi connectivity index (χ1) is 9.15. The molecule has 0 aliphatic heterocycles. The zero-order chi connectivity index (χ0) is 13.7. The highest BCUT2D eigenvalue weighted by Crippen LogP contribution is 2.13. The second-order valence-corrected chi connectivity index (χ2v) is 4.95. The van der Waals surface area contributed by atoms with E-state index in [1.807, 2.05) is 18.2 Å². The molecule has 1 N–H and O–H groups in total. The molecule has 0 spiro atoms. The van der Waals surface area contributed by atoms with Crippen molar-refractivity contribution in [2.45, 2.75) is 32.3 Å². The van der Waals surface area contributed by atoms with Crippen LogP contribution in [0.4, 0.5) is 4.39 Å². The lowest BCUT2D eigenvalue weighted by Gasteiger charge is -2.12. The Bertz CT molecular complexity index is 536. The highest BCUT2D eigenvalue weighted by atomic mass is 19.1. The van der Waals surface area contributed by atoms with Gasteiger partial charge in [0.1, 0.15) is 5.82 Å². The molecule has 0 aliphatic carbocycles. The monoisotopic (exact) mass is 258 g/mol. The van der Waals surface area contributed by atoms with Gasteiger partial charge >= 0.3 is 0 Å². The summed E-state index contributed by atoms with van der Waals surface area (Å²) in [6.07, 6.45) is 1.62. The van der Waals surface area contributed by atoms with Gasteiger partial charge in [0.05, 0.1) is 6.10 Å². The minimum Gasteiger partial charge on any atom is -0.393 e. The van der Waals surface area contributed by atoms with Gasteiger partial charge in [0, 0.05) is 0 Å². The molecule has 0 aromatic heterocycles. The van der Waals surface area contributed by atoms with E-state index in [9.17, 15) is 9.50 Å². The number of aliphatic hydroxyl groups is 1. The number of hydrogen-bond donors (Lipinski definition) is 1. The molecule has 2 aromatic rings. The third kappa shape index (κ3) is 4.18. The largest absolute Gasteiger partial charge is 0.393 e. The summed E-state index contributed by atoms with van der Waals surface area (Å²) < 4.78 is 13.0. The maximum absolute atomic E-state index is 13.0. The van der Waals surface area contributed by atoms with Crippen molar-refractivity contribution in [3.05, 3.63) is 71.0 Å². The summed E-state index contributed by atoms with van der Waals surface area (Å²) in [5, 5.41) is 10.0. The minimum absolute atomic E-state index is 0.247. The summed E-state index contributed by atoms with van der Waals surface area (Å²) in [4.78, 5) is 0. The van der Waals surface area contributed by atoms with Crippen molar-refractivity contribution in [3.8, 4) is 0 Å². The van der Waals surface area contributed by atoms with Gasteiger partial charge in [-0.2, -0.15) is 0 Å². The highest BCUT2D eigenvalue weighted by Gasteiger charge is 2.07. The predicted octanol–water partition coefficient (Wildman–Crippen LogP) is 3.67. The van der Waals surface area contributed by atoms with Gasteiger partial charge in [-0.1, -0.05) is 36.4 Å². The van der Waals surface area contributed by atoms with Gasteiger partial charge in [0.2, 0.25) is 0 Å². The molecule has 100 valence electrons. The molecular weight excluding hydrogens is 239 g/mol. The zero-order valence-corrected chi connectivity index (χ0v) is 11.1. The first kappa shape index (κ1) is 13.8. The smallest absolute Gasteiger partial charge is 0.123 e. The Balaban J connectivity index is 1.88. The van der Waals surface area contributed by atoms with E-state index in [4.69, 9.17) is 0 Å². The zero-order valence-electron chi connectivity index (χ0n) is 11.1. The Kier molecular flexibility index (Phi) is 4.69. The second-order valence-electron chi connectivity index (χ2n) is 4.95. The quantitative estimate of drug-likeness (QED) is 0.867. The lowest BCUT2D eigenvalue weighted by molar-refractivity contribution is 0.165. The number of benzene rings is 2. The van der Waals surface area contributed by atoms with Gasteiger partial charge in [-0.25, -0.2) is 4.39 Å². The normalized spacial score (nSPS) is 12.4. The van der Waals surface area contributed by atoms with Crippen LogP contribution in [0, 0.1) is 12.7 Å². The number of aryl methyl sites for hydroxylation is 2. The molecule has 0 saturated carbocycles. The van der Waals surface area contributed by atoms with Crippen LogP contribution in [0.2, 0.25) is 0 Å². The van der Waals surface area contributed by atoms with Crippen LogP contribution in [-0.4, -0.2) is 11.2 Å². The summed E-state index contributed by atoms with van der Waals surface area (Å²) in [6, 6.07) is 14.6.